The largest absolute Gasteiger partial charge is 0.353 e. The number of rotatable bonds is 4. The van der Waals surface area contributed by atoms with Crippen LogP contribution >= 0.6 is 0 Å². The zero-order valence-electron chi connectivity index (χ0n) is 16.5. The van der Waals surface area contributed by atoms with Crippen LogP contribution in [0.3, 0.4) is 0 Å². The molecule has 1 aliphatic carbocycles. The van der Waals surface area contributed by atoms with Crippen molar-refractivity contribution in [1.29, 1.82) is 0 Å². The number of benzene rings is 1. The smallest absolute Gasteiger partial charge is 0.257 e. The Morgan fingerprint density at radius 2 is 1.93 bits per heavy atom. The van der Waals surface area contributed by atoms with Gasteiger partial charge in [0, 0.05) is 25.2 Å². The summed E-state index contributed by atoms with van der Waals surface area (Å²) in [6.07, 6.45) is 3.57. The van der Waals surface area contributed by atoms with E-state index in [2.05, 4.69) is 10.4 Å². The second-order valence-electron chi connectivity index (χ2n) is 7.93. The number of carbonyl (C=O) groups excluding carboxylic acids is 2. The van der Waals surface area contributed by atoms with Crippen molar-refractivity contribution in [3.8, 4) is 5.69 Å². The van der Waals surface area contributed by atoms with Crippen molar-refractivity contribution in [1.82, 2.24) is 20.0 Å². The van der Waals surface area contributed by atoms with Gasteiger partial charge in [0.25, 0.3) is 5.91 Å². The van der Waals surface area contributed by atoms with Crippen LogP contribution in [0.5, 0.6) is 0 Å². The minimum atomic E-state index is -0.746. The van der Waals surface area contributed by atoms with E-state index < -0.39 is 11.6 Å². The molecule has 1 saturated carbocycles. The Hall–Kier alpha value is -2.77. The van der Waals surface area contributed by atoms with E-state index in [1.54, 1.807) is 18.7 Å². The van der Waals surface area contributed by atoms with Gasteiger partial charge < -0.3 is 10.2 Å². The van der Waals surface area contributed by atoms with Gasteiger partial charge in [-0.05, 0) is 51.7 Å². The van der Waals surface area contributed by atoms with Crippen LogP contribution in [0.4, 0.5) is 8.78 Å². The molecule has 29 heavy (non-hydrogen) atoms. The summed E-state index contributed by atoms with van der Waals surface area (Å²) in [5.41, 5.74) is 1.45. The molecule has 2 amide bonds. The molecule has 0 spiro atoms. The highest BCUT2D eigenvalue weighted by molar-refractivity contribution is 5.97. The highest BCUT2D eigenvalue weighted by Crippen LogP contribution is 2.26. The third kappa shape index (κ3) is 3.88. The molecule has 0 bridgehead atoms. The fourth-order valence-electron chi connectivity index (χ4n) is 3.92. The van der Waals surface area contributed by atoms with Gasteiger partial charge in [-0.25, -0.2) is 13.5 Å². The lowest BCUT2D eigenvalue weighted by Gasteiger charge is -2.32. The molecule has 1 aromatic carbocycles. The van der Waals surface area contributed by atoms with E-state index in [-0.39, 0.29) is 23.4 Å². The summed E-state index contributed by atoms with van der Waals surface area (Å²) >= 11 is 0. The van der Waals surface area contributed by atoms with Crippen molar-refractivity contribution in [3.05, 3.63) is 46.8 Å². The molecule has 154 valence electrons. The number of amides is 2. The lowest BCUT2D eigenvalue weighted by atomic mass is 9.96. The molecule has 1 N–H and O–H groups in total. The number of carbonyl (C=O) groups is 2. The topological polar surface area (TPSA) is 67.2 Å². The van der Waals surface area contributed by atoms with Crippen LogP contribution in [-0.4, -0.2) is 45.6 Å². The quantitative estimate of drug-likeness (QED) is 0.855. The van der Waals surface area contributed by atoms with Crippen molar-refractivity contribution in [2.45, 2.75) is 45.6 Å². The molecule has 8 heteroatoms. The maximum Gasteiger partial charge on any atom is 0.257 e. The summed E-state index contributed by atoms with van der Waals surface area (Å²) < 4.78 is 28.8. The van der Waals surface area contributed by atoms with Gasteiger partial charge in [-0.2, -0.15) is 5.10 Å². The first kappa shape index (κ1) is 19.5. The highest BCUT2D eigenvalue weighted by atomic mass is 19.1. The van der Waals surface area contributed by atoms with Gasteiger partial charge in [0.1, 0.15) is 11.5 Å². The Morgan fingerprint density at radius 3 is 2.62 bits per heavy atom. The molecule has 1 unspecified atom stereocenters. The van der Waals surface area contributed by atoms with Crippen LogP contribution in [-0.2, 0) is 4.79 Å². The Bertz CT molecular complexity index is 968. The molecular formula is C21H24F2N4O2. The molecular weight excluding hydrogens is 378 g/mol. The number of nitrogens with one attached hydrogen (secondary N) is 1. The molecule has 1 aliphatic heterocycles. The third-order valence-corrected chi connectivity index (χ3v) is 5.65. The second kappa shape index (κ2) is 7.57. The summed E-state index contributed by atoms with van der Waals surface area (Å²) in [6.45, 7) is 4.32. The lowest BCUT2D eigenvalue weighted by Crippen LogP contribution is -2.46. The fraction of sp³-hybridized carbons (Fsp3) is 0.476. The van der Waals surface area contributed by atoms with Crippen LogP contribution in [0, 0.1) is 31.4 Å². The Kier molecular flexibility index (Phi) is 5.10. The molecule has 2 aromatic rings. The molecule has 2 fully saturated rings. The van der Waals surface area contributed by atoms with Crippen molar-refractivity contribution >= 4 is 11.8 Å². The molecule has 1 atom stereocenters. The fourth-order valence-corrected chi connectivity index (χ4v) is 3.92. The third-order valence-electron chi connectivity index (χ3n) is 5.65. The summed E-state index contributed by atoms with van der Waals surface area (Å²) in [4.78, 5) is 27.3. The van der Waals surface area contributed by atoms with Crippen LogP contribution in [0.1, 0.15) is 47.4 Å². The maximum atomic E-state index is 14.2. The SMILES string of the molecule is Cc1nn(-c2ccc(F)cc2F)c(C)c1C(=O)N1CCCC(C(=O)NC2CC2)C1. The zero-order chi connectivity index (χ0) is 20.7. The number of aryl methyl sites for hydroxylation is 1. The number of hydrogen-bond donors (Lipinski definition) is 1. The molecule has 2 heterocycles. The van der Waals surface area contributed by atoms with E-state index in [1.807, 2.05) is 0 Å². The van der Waals surface area contributed by atoms with Crippen molar-refractivity contribution in [2.75, 3.05) is 13.1 Å². The Morgan fingerprint density at radius 1 is 1.17 bits per heavy atom. The van der Waals surface area contributed by atoms with Crippen LogP contribution in [0.15, 0.2) is 18.2 Å². The number of nitrogens with zero attached hydrogens (tertiary/aromatic N) is 3. The van der Waals surface area contributed by atoms with E-state index in [1.165, 1.54) is 10.7 Å². The predicted octanol–water partition coefficient (Wildman–Crippen LogP) is 2.90. The zero-order valence-corrected chi connectivity index (χ0v) is 16.5. The second-order valence-corrected chi connectivity index (χ2v) is 7.93. The first-order chi connectivity index (χ1) is 13.8. The summed E-state index contributed by atoms with van der Waals surface area (Å²) in [5, 5.41) is 7.33. The molecule has 1 saturated heterocycles. The Balaban J connectivity index is 1.57. The van der Waals surface area contributed by atoms with Crippen LogP contribution < -0.4 is 5.32 Å². The number of hydrogen-bond acceptors (Lipinski definition) is 3. The number of piperidine rings is 1. The summed E-state index contributed by atoms with van der Waals surface area (Å²) in [7, 11) is 0. The first-order valence-corrected chi connectivity index (χ1v) is 9.96. The van der Waals surface area contributed by atoms with Gasteiger partial charge in [0.15, 0.2) is 5.82 Å². The average molecular weight is 402 g/mol. The highest BCUT2D eigenvalue weighted by Gasteiger charge is 2.33. The van der Waals surface area contributed by atoms with Gasteiger partial charge in [-0.1, -0.05) is 0 Å². The summed E-state index contributed by atoms with van der Waals surface area (Å²) in [5.74, 6) is -1.82. The van der Waals surface area contributed by atoms with Crippen molar-refractivity contribution in [2.24, 2.45) is 5.92 Å². The average Bonchev–Trinajstić information content (AvgIpc) is 3.45. The Labute approximate surface area is 167 Å². The van der Waals surface area contributed by atoms with Crippen molar-refractivity contribution in [3.63, 3.8) is 0 Å². The minimum absolute atomic E-state index is 0.0162. The van der Waals surface area contributed by atoms with Gasteiger partial charge in [0.2, 0.25) is 5.91 Å². The van der Waals surface area contributed by atoms with Gasteiger partial charge in [0.05, 0.1) is 22.9 Å². The molecule has 6 nitrogen and oxygen atoms in total. The van der Waals surface area contributed by atoms with E-state index >= 15 is 0 Å². The van der Waals surface area contributed by atoms with E-state index in [0.717, 1.165) is 37.8 Å². The van der Waals surface area contributed by atoms with Crippen molar-refractivity contribution < 1.29 is 18.4 Å². The molecule has 4 rings (SSSR count). The normalized spacial score (nSPS) is 19.3. The number of aromatic nitrogens is 2. The summed E-state index contributed by atoms with van der Waals surface area (Å²) in [6, 6.07) is 3.55. The maximum absolute atomic E-state index is 14.2. The first-order valence-electron chi connectivity index (χ1n) is 9.96. The van der Waals surface area contributed by atoms with E-state index in [4.69, 9.17) is 0 Å². The van der Waals surface area contributed by atoms with Crippen LogP contribution in [0.25, 0.3) is 5.69 Å². The number of likely N-dealkylation sites (tertiary alicyclic amines) is 1. The van der Waals surface area contributed by atoms with E-state index in [0.29, 0.717) is 36.1 Å². The lowest BCUT2D eigenvalue weighted by molar-refractivity contribution is -0.126. The van der Waals surface area contributed by atoms with E-state index in [9.17, 15) is 18.4 Å². The van der Waals surface area contributed by atoms with Gasteiger partial charge >= 0.3 is 0 Å². The van der Waals surface area contributed by atoms with Gasteiger partial charge in [-0.15, -0.1) is 0 Å². The molecule has 0 radical (unpaired) electrons. The van der Waals surface area contributed by atoms with Crippen LogP contribution in [0.2, 0.25) is 0 Å². The minimum Gasteiger partial charge on any atom is -0.353 e. The molecule has 2 aliphatic rings. The van der Waals surface area contributed by atoms with Gasteiger partial charge in [-0.3, -0.25) is 9.59 Å². The number of halogens is 2. The predicted molar refractivity (Wildman–Crippen MR) is 103 cm³/mol. The monoisotopic (exact) mass is 402 g/mol. The molecule has 1 aromatic heterocycles. The standard InChI is InChI=1S/C21H24F2N4O2/c1-12-19(13(2)27(25-12)18-8-5-15(22)10-17(18)23)21(29)26-9-3-4-14(11-26)20(28)24-16-6-7-16/h5,8,10,14,16H,3-4,6-7,9,11H2,1-2H3,(H,24,28).